The average molecular weight is 547 g/mol. The lowest BCUT2D eigenvalue weighted by molar-refractivity contribution is -0.146. The molecule has 2 aliphatic heterocycles. The number of esters is 1. The summed E-state index contributed by atoms with van der Waals surface area (Å²) in [6.07, 6.45) is 9.47. The first-order valence-corrected chi connectivity index (χ1v) is 13.6. The number of allylic oxidation sites excluding steroid dienone is 4. The van der Waals surface area contributed by atoms with Crippen LogP contribution in [0.2, 0.25) is 0 Å². The van der Waals surface area contributed by atoms with Crippen molar-refractivity contribution in [3.8, 4) is 0 Å². The molecule has 0 spiro atoms. The highest BCUT2D eigenvalue weighted by molar-refractivity contribution is 5.99. The van der Waals surface area contributed by atoms with E-state index in [4.69, 9.17) is 18.9 Å². The van der Waals surface area contributed by atoms with E-state index < -0.39 is 36.3 Å². The molecule has 0 aromatic heterocycles. The number of methoxy groups -OCH3 is 2. The molecule has 9 atom stereocenters. The van der Waals surface area contributed by atoms with Crippen LogP contribution in [-0.4, -0.2) is 78.9 Å². The summed E-state index contributed by atoms with van der Waals surface area (Å²) in [5, 5.41) is 20.7. The van der Waals surface area contributed by atoms with Gasteiger partial charge in [0.2, 0.25) is 0 Å². The Bertz CT molecular complexity index is 989. The van der Waals surface area contributed by atoms with Crippen LogP contribution < -0.4 is 0 Å². The van der Waals surface area contributed by atoms with Crippen molar-refractivity contribution in [3.05, 3.63) is 59.3 Å². The minimum atomic E-state index is -0.760. The number of ketones is 1. The monoisotopic (exact) mass is 546 g/mol. The highest BCUT2D eigenvalue weighted by Crippen LogP contribution is 2.33. The van der Waals surface area contributed by atoms with Crippen LogP contribution in [0.3, 0.4) is 0 Å². The van der Waals surface area contributed by atoms with Crippen LogP contribution in [0.1, 0.15) is 54.4 Å². The number of fused-ring (bicyclic) bond motifs is 2. The third-order valence-electron chi connectivity index (χ3n) is 7.47. The molecular weight excluding hydrogens is 500 g/mol. The van der Waals surface area contributed by atoms with E-state index in [1.54, 1.807) is 65.2 Å². The Labute approximate surface area is 233 Å². The number of hydrogen-bond donors (Lipinski definition) is 2. The quantitative estimate of drug-likeness (QED) is 0.393. The Morgan fingerprint density at radius 2 is 1.79 bits per heavy atom. The van der Waals surface area contributed by atoms with Gasteiger partial charge in [-0.1, -0.05) is 50.3 Å². The van der Waals surface area contributed by atoms with Gasteiger partial charge in [0.25, 0.3) is 0 Å². The van der Waals surface area contributed by atoms with Crippen LogP contribution in [0.15, 0.2) is 59.3 Å². The molecule has 2 aliphatic rings. The molecule has 2 bridgehead atoms. The summed E-state index contributed by atoms with van der Waals surface area (Å²) < 4.78 is 23.4. The Balaban J connectivity index is 2.50. The predicted molar refractivity (Wildman–Crippen MR) is 150 cm³/mol. The number of carbonyl (C=O) groups excluding carboxylic acids is 2. The largest absolute Gasteiger partial charge is 0.454 e. The molecular formula is C31H46O8. The molecule has 2 heterocycles. The summed E-state index contributed by atoms with van der Waals surface area (Å²) in [5.41, 5.74) is 1.62. The van der Waals surface area contributed by atoms with E-state index in [9.17, 15) is 19.8 Å². The normalized spacial score (nSPS) is 33.4. The lowest BCUT2D eigenvalue weighted by atomic mass is 9.93. The standard InChI is InChI=1S/C31H46O8/c1-18-11-9-10-12-24(33)19(2)16-29-28(37-8)17-27(38-29)22(5)25(13-14-26(36-7)23(6)32)39-31(35)21(4)15-20(3)30(18)34/h9-11,13-16,20,22-29,32-33H,12,17H2,1-8H3. The van der Waals surface area contributed by atoms with Crippen LogP contribution in [0.4, 0.5) is 0 Å². The summed E-state index contributed by atoms with van der Waals surface area (Å²) in [6.45, 7) is 10.5. The molecule has 39 heavy (non-hydrogen) atoms. The van der Waals surface area contributed by atoms with E-state index in [0.717, 1.165) is 5.57 Å². The van der Waals surface area contributed by atoms with Gasteiger partial charge in [0.05, 0.1) is 24.4 Å². The zero-order chi connectivity index (χ0) is 29.3. The van der Waals surface area contributed by atoms with Gasteiger partial charge in [-0.2, -0.15) is 0 Å². The molecule has 8 nitrogen and oxygen atoms in total. The van der Waals surface area contributed by atoms with Gasteiger partial charge in [-0.25, -0.2) is 4.79 Å². The summed E-state index contributed by atoms with van der Waals surface area (Å²) in [5.74, 6) is -1.46. The number of rotatable bonds is 5. The third-order valence-corrected chi connectivity index (χ3v) is 7.47. The summed E-state index contributed by atoms with van der Waals surface area (Å²) in [4.78, 5) is 26.0. The molecule has 9 unspecified atom stereocenters. The van der Waals surface area contributed by atoms with Crippen LogP contribution in [0, 0.1) is 11.8 Å². The summed E-state index contributed by atoms with van der Waals surface area (Å²) in [7, 11) is 3.13. The molecule has 1 saturated heterocycles. The zero-order valence-corrected chi connectivity index (χ0v) is 24.5. The number of aliphatic hydroxyl groups excluding tert-OH is 2. The van der Waals surface area contributed by atoms with Gasteiger partial charge in [-0.15, -0.1) is 0 Å². The lowest BCUT2D eigenvalue weighted by Gasteiger charge is -2.27. The Hall–Kier alpha value is -2.36. The molecule has 0 amide bonds. The van der Waals surface area contributed by atoms with Crippen molar-refractivity contribution in [3.63, 3.8) is 0 Å². The highest BCUT2D eigenvalue weighted by Gasteiger charge is 2.40. The molecule has 0 aromatic carbocycles. The molecule has 0 aliphatic carbocycles. The fourth-order valence-electron chi connectivity index (χ4n) is 4.76. The first-order chi connectivity index (χ1) is 18.4. The van der Waals surface area contributed by atoms with Crippen molar-refractivity contribution in [2.45, 2.75) is 97.1 Å². The van der Waals surface area contributed by atoms with E-state index in [1.807, 2.05) is 26.0 Å². The number of carbonyl (C=O) groups is 2. The van der Waals surface area contributed by atoms with Gasteiger partial charge < -0.3 is 29.2 Å². The van der Waals surface area contributed by atoms with E-state index in [0.29, 0.717) is 24.0 Å². The van der Waals surface area contributed by atoms with Crippen LogP contribution >= 0.6 is 0 Å². The first kappa shape index (κ1) is 32.8. The zero-order valence-electron chi connectivity index (χ0n) is 24.5. The second-order valence-corrected chi connectivity index (χ2v) is 10.6. The molecule has 1 fully saturated rings. The Morgan fingerprint density at radius 3 is 2.41 bits per heavy atom. The van der Waals surface area contributed by atoms with E-state index in [2.05, 4.69) is 0 Å². The minimum Gasteiger partial charge on any atom is -0.454 e. The van der Waals surface area contributed by atoms with Crippen molar-refractivity contribution in [2.75, 3.05) is 14.2 Å². The van der Waals surface area contributed by atoms with Gasteiger partial charge in [-0.05, 0) is 51.3 Å². The van der Waals surface area contributed by atoms with Crippen molar-refractivity contribution in [1.29, 1.82) is 0 Å². The Kier molecular flexibility index (Phi) is 13.0. The maximum atomic E-state index is 13.2. The molecule has 0 aromatic rings. The van der Waals surface area contributed by atoms with E-state index in [1.165, 1.54) is 7.11 Å². The number of Topliss-reactive ketones (excluding diaryl/α,β-unsaturated/α-hetero) is 1. The van der Waals surface area contributed by atoms with Gasteiger partial charge in [-0.3, -0.25) is 4.79 Å². The first-order valence-electron chi connectivity index (χ1n) is 13.6. The van der Waals surface area contributed by atoms with Gasteiger partial charge in [0.1, 0.15) is 18.3 Å². The topological polar surface area (TPSA) is 112 Å². The Morgan fingerprint density at radius 1 is 1.10 bits per heavy atom. The molecule has 0 saturated carbocycles. The van der Waals surface area contributed by atoms with Gasteiger partial charge in [0.15, 0.2) is 5.78 Å². The summed E-state index contributed by atoms with van der Waals surface area (Å²) in [6, 6.07) is 0. The second-order valence-electron chi connectivity index (χ2n) is 10.6. The average Bonchev–Trinajstić information content (AvgIpc) is 3.31. The predicted octanol–water partition coefficient (Wildman–Crippen LogP) is 4.02. The molecule has 2 N–H and O–H groups in total. The summed E-state index contributed by atoms with van der Waals surface area (Å²) >= 11 is 0. The molecule has 0 radical (unpaired) electrons. The minimum absolute atomic E-state index is 0.109. The number of aliphatic hydroxyl groups is 2. The van der Waals surface area contributed by atoms with E-state index in [-0.39, 0.29) is 30.0 Å². The van der Waals surface area contributed by atoms with Crippen molar-refractivity contribution >= 4 is 11.8 Å². The molecule has 2 rings (SSSR count). The maximum Gasteiger partial charge on any atom is 0.334 e. The second kappa shape index (κ2) is 15.4. The number of hydrogen-bond acceptors (Lipinski definition) is 8. The third kappa shape index (κ3) is 9.36. The molecule has 218 valence electrons. The fraction of sp³-hybridized carbons (Fsp3) is 0.613. The lowest BCUT2D eigenvalue weighted by Crippen LogP contribution is -2.33. The fourth-order valence-corrected chi connectivity index (χ4v) is 4.76. The van der Waals surface area contributed by atoms with Crippen molar-refractivity contribution in [1.82, 2.24) is 0 Å². The maximum absolute atomic E-state index is 13.2. The number of cyclic esters (lactones) is 1. The van der Waals surface area contributed by atoms with Gasteiger partial charge >= 0.3 is 5.97 Å². The van der Waals surface area contributed by atoms with Crippen LogP contribution in [-0.2, 0) is 28.5 Å². The smallest absolute Gasteiger partial charge is 0.334 e. The van der Waals surface area contributed by atoms with Crippen molar-refractivity contribution in [2.24, 2.45) is 11.8 Å². The number of ether oxygens (including phenoxy) is 4. The SMILES string of the molecule is COC(C=CC1OC(=O)C(C)=CC(C)C(=O)C(C)=CC=CCC(O)C(C)=CC2OC(CC2OC)C1C)C(C)O. The van der Waals surface area contributed by atoms with Gasteiger partial charge in [0, 0.05) is 38.0 Å². The van der Waals surface area contributed by atoms with Crippen molar-refractivity contribution < 1.29 is 38.7 Å². The van der Waals surface area contributed by atoms with E-state index >= 15 is 0 Å². The van der Waals surface area contributed by atoms with Crippen LogP contribution in [0.5, 0.6) is 0 Å². The molecule has 8 heteroatoms. The van der Waals surface area contributed by atoms with Crippen LogP contribution in [0.25, 0.3) is 0 Å². The highest BCUT2D eigenvalue weighted by atomic mass is 16.6.